The van der Waals surface area contributed by atoms with Crippen molar-refractivity contribution in [2.75, 3.05) is 32.8 Å². The third-order valence-electron chi connectivity index (χ3n) is 4.03. The van der Waals surface area contributed by atoms with Gasteiger partial charge in [0.05, 0.1) is 12.7 Å². The van der Waals surface area contributed by atoms with Crippen molar-refractivity contribution in [1.29, 1.82) is 0 Å². The summed E-state index contributed by atoms with van der Waals surface area (Å²) in [5, 5.41) is 3.54. The van der Waals surface area contributed by atoms with Gasteiger partial charge in [0, 0.05) is 31.7 Å². The van der Waals surface area contributed by atoms with Crippen LogP contribution in [0.25, 0.3) is 0 Å². The van der Waals surface area contributed by atoms with Crippen LogP contribution in [0.15, 0.2) is 0 Å². The van der Waals surface area contributed by atoms with Crippen LogP contribution in [-0.2, 0) is 4.74 Å². The molecule has 1 heterocycles. The summed E-state index contributed by atoms with van der Waals surface area (Å²) in [7, 11) is 0. The van der Waals surface area contributed by atoms with Crippen LogP contribution in [-0.4, -0.2) is 49.3 Å². The first-order valence-electron chi connectivity index (χ1n) is 6.70. The summed E-state index contributed by atoms with van der Waals surface area (Å²) < 4.78 is 5.68. The summed E-state index contributed by atoms with van der Waals surface area (Å²) in [5.41, 5.74) is 0.387. The van der Waals surface area contributed by atoms with Gasteiger partial charge in [-0.1, -0.05) is 0 Å². The number of nitrogens with zero attached hydrogens (tertiary/aromatic N) is 1. The average Bonchev–Trinajstić information content (AvgIpc) is 3.04. The van der Waals surface area contributed by atoms with Crippen LogP contribution in [0.2, 0.25) is 0 Å². The molecular weight excluding hydrogens is 200 g/mol. The number of hydrogen-bond donors (Lipinski definition) is 1. The van der Waals surface area contributed by atoms with Crippen LogP contribution in [0.5, 0.6) is 0 Å². The molecule has 1 aliphatic carbocycles. The highest BCUT2D eigenvalue weighted by molar-refractivity contribution is 5.02. The largest absolute Gasteiger partial charge is 0.377 e. The molecule has 0 aromatic heterocycles. The fourth-order valence-electron chi connectivity index (χ4n) is 2.80. The second kappa shape index (κ2) is 5.03. The topological polar surface area (TPSA) is 24.5 Å². The first kappa shape index (κ1) is 12.3. The Morgan fingerprint density at radius 2 is 2.19 bits per heavy atom. The van der Waals surface area contributed by atoms with Crippen LogP contribution >= 0.6 is 0 Å². The smallest absolute Gasteiger partial charge is 0.0597 e. The molecule has 2 rings (SSSR count). The third kappa shape index (κ3) is 2.76. The minimum atomic E-state index is 0.357. The van der Waals surface area contributed by atoms with Gasteiger partial charge in [0.15, 0.2) is 0 Å². The van der Waals surface area contributed by atoms with E-state index in [4.69, 9.17) is 4.74 Å². The number of hydrogen-bond acceptors (Lipinski definition) is 3. The maximum absolute atomic E-state index is 5.68. The highest BCUT2D eigenvalue weighted by atomic mass is 16.5. The third-order valence-corrected chi connectivity index (χ3v) is 4.03. The molecular formula is C13H26N2O. The van der Waals surface area contributed by atoms with Crippen LogP contribution < -0.4 is 5.32 Å². The van der Waals surface area contributed by atoms with Gasteiger partial charge in [-0.25, -0.2) is 0 Å². The maximum Gasteiger partial charge on any atom is 0.0597 e. The van der Waals surface area contributed by atoms with Crippen molar-refractivity contribution in [2.45, 2.75) is 45.3 Å². The van der Waals surface area contributed by atoms with Gasteiger partial charge in [0.25, 0.3) is 0 Å². The summed E-state index contributed by atoms with van der Waals surface area (Å²) in [6.45, 7) is 12.1. The Kier molecular flexibility index (Phi) is 3.88. The van der Waals surface area contributed by atoms with Gasteiger partial charge in [-0.15, -0.1) is 0 Å². The summed E-state index contributed by atoms with van der Waals surface area (Å²) >= 11 is 0. The Morgan fingerprint density at radius 3 is 2.81 bits per heavy atom. The van der Waals surface area contributed by atoms with E-state index < -0.39 is 0 Å². The normalized spacial score (nSPS) is 32.2. The van der Waals surface area contributed by atoms with E-state index >= 15 is 0 Å². The van der Waals surface area contributed by atoms with E-state index in [1.165, 1.54) is 19.4 Å². The molecule has 0 amide bonds. The van der Waals surface area contributed by atoms with E-state index in [1.807, 2.05) is 0 Å². The molecule has 1 N–H and O–H groups in total. The molecule has 2 aliphatic rings. The van der Waals surface area contributed by atoms with Gasteiger partial charge < -0.3 is 10.1 Å². The predicted molar refractivity (Wildman–Crippen MR) is 66.7 cm³/mol. The monoisotopic (exact) mass is 226 g/mol. The van der Waals surface area contributed by atoms with Crippen molar-refractivity contribution in [3.63, 3.8) is 0 Å². The highest BCUT2D eigenvalue weighted by Gasteiger charge is 2.46. The van der Waals surface area contributed by atoms with Gasteiger partial charge in [-0.05, 0) is 39.5 Å². The first-order valence-corrected chi connectivity index (χ1v) is 6.70. The van der Waals surface area contributed by atoms with E-state index in [-0.39, 0.29) is 0 Å². The summed E-state index contributed by atoms with van der Waals surface area (Å²) in [4.78, 5) is 2.64. The lowest BCUT2D eigenvalue weighted by molar-refractivity contribution is 0.00577. The molecule has 0 aromatic rings. The molecule has 0 bridgehead atoms. The number of rotatable bonds is 5. The highest BCUT2D eigenvalue weighted by Crippen LogP contribution is 2.43. The Labute approximate surface area is 99.5 Å². The van der Waals surface area contributed by atoms with E-state index in [0.29, 0.717) is 11.6 Å². The molecule has 1 aliphatic heterocycles. The van der Waals surface area contributed by atoms with Crippen LogP contribution in [0.3, 0.4) is 0 Å². The minimum absolute atomic E-state index is 0.357. The summed E-state index contributed by atoms with van der Waals surface area (Å²) in [6, 6.07) is 0. The SMILES string of the molecule is CC(C)OCCN1CCNCC1(C)C1CC1. The zero-order valence-electron chi connectivity index (χ0n) is 11.0. The standard InChI is InChI=1S/C13H26N2O/c1-11(2)16-9-8-15-7-6-14-10-13(15,3)12-4-5-12/h11-12,14H,4-10H2,1-3H3. The second-order valence-corrected chi connectivity index (χ2v) is 5.71. The van der Waals surface area contributed by atoms with Gasteiger partial charge >= 0.3 is 0 Å². The zero-order valence-corrected chi connectivity index (χ0v) is 11.0. The first-order chi connectivity index (χ1) is 7.63. The molecule has 0 spiro atoms. The van der Waals surface area contributed by atoms with Gasteiger partial charge in [0.1, 0.15) is 0 Å². The Hall–Kier alpha value is -0.120. The van der Waals surface area contributed by atoms with Gasteiger partial charge in [-0.3, -0.25) is 4.90 Å². The average molecular weight is 226 g/mol. The Morgan fingerprint density at radius 1 is 1.44 bits per heavy atom. The number of nitrogens with one attached hydrogen (secondary N) is 1. The fourth-order valence-corrected chi connectivity index (χ4v) is 2.80. The van der Waals surface area contributed by atoms with Crippen LogP contribution in [0, 0.1) is 5.92 Å². The van der Waals surface area contributed by atoms with E-state index in [0.717, 1.165) is 32.2 Å². The molecule has 1 saturated carbocycles. The molecule has 1 unspecified atom stereocenters. The van der Waals surface area contributed by atoms with Crippen LogP contribution in [0.1, 0.15) is 33.6 Å². The zero-order chi connectivity index (χ0) is 11.6. The molecule has 2 fully saturated rings. The minimum Gasteiger partial charge on any atom is -0.377 e. The molecule has 0 radical (unpaired) electrons. The van der Waals surface area contributed by atoms with Crippen molar-refractivity contribution in [3.05, 3.63) is 0 Å². The van der Waals surface area contributed by atoms with Crippen LogP contribution in [0.4, 0.5) is 0 Å². The maximum atomic E-state index is 5.68. The predicted octanol–water partition coefficient (Wildman–Crippen LogP) is 1.49. The number of ether oxygens (including phenoxy) is 1. The van der Waals surface area contributed by atoms with Crippen molar-refractivity contribution in [2.24, 2.45) is 5.92 Å². The number of piperazine rings is 1. The fraction of sp³-hybridized carbons (Fsp3) is 1.00. The molecule has 94 valence electrons. The Bertz CT molecular complexity index is 228. The van der Waals surface area contributed by atoms with Gasteiger partial charge in [-0.2, -0.15) is 0 Å². The van der Waals surface area contributed by atoms with Crippen molar-refractivity contribution < 1.29 is 4.74 Å². The lowest BCUT2D eigenvalue weighted by atomic mass is 9.91. The molecule has 3 nitrogen and oxygen atoms in total. The molecule has 3 heteroatoms. The molecule has 0 aromatic carbocycles. The van der Waals surface area contributed by atoms with E-state index in [2.05, 4.69) is 31.0 Å². The van der Waals surface area contributed by atoms with Gasteiger partial charge in [0.2, 0.25) is 0 Å². The Balaban J connectivity index is 1.84. The van der Waals surface area contributed by atoms with Crippen molar-refractivity contribution >= 4 is 0 Å². The van der Waals surface area contributed by atoms with E-state index in [9.17, 15) is 0 Å². The summed E-state index contributed by atoms with van der Waals surface area (Å²) in [5.74, 6) is 0.916. The molecule has 1 saturated heterocycles. The summed E-state index contributed by atoms with van der Waals surface area (Å²) in [6.07, 6.45) is 3.19. The molecule has 16 heavy (non-hydrogen) atoms. The second-order valence-electron chi connectivity index (χ2n) is 5.71. The molecule has 1 atom stereocenters. The van der Waals surface area contributed by atoms with E-state index in [1.54, 1.807) is 0 Å². The lowest BCUT2D eigenvalue weighted by Gasteiger charge is -2.46. The van der Waals surface area contributed by atoms with Crippen molar-refractivity contribution in [3.8, 4) is 0 Å². The van der Waals surface area contributed by atoms with Crippen molar-refractivity contribution in [1.82, 2.24) is 10.2 Å². The quantitative estimate of drug-likeness (QED) is 0.768. The lowest BCUT2D eigenvalue weighted by Crippen LogP contribution is -2.61.